The van der Waals surface area contributed by atoms with Crippen molar-refractivity contribution in [1.82, 2.24) is 15.0 Å². The quantitative estimate of drug-likeness (QED) is 0.862. The number of aryl methyl sites for hydroxylation is 1. The van der Waals surface area contributed by atoms with E-state index in [9.17, 15) is 14.4 Å². The van der Waals surface area contributed by atoms with Crippen LogP contribution in [0.15, 0.2) is 10.6 Å². The van der Waals surface area contributed by atoms with Gasteiger partial charge in [-0.2, -0.15) is 0 Å². The Morgan fingerprint density at radius 2 is 2.23 bits per heavy atom. The molecule has 1 fully saturated rings. The number of carboxylic acids is 1. The van der Waals surface area contributed by atoms with Crippen molar-refractivity contribution in [3.05, 3.63) is 17.5 Å². The number of amides is 2. The molecule has 1 saturated heterocycles. The SMILES string of the molecule is Cc1cc(C(=O)N(C)CC(=O)N2CCCC(C(=O)O)C2)on1. The molecule has 2 rings (SSSR count). The normalized spacial score (nSPS) is 18.1. The number of hydrogen-bond donors (Lipinski definition) is 1. The topological polar surface area (TPSA) is 104 Å². The first kappa shape index (κ1) is 16.0. The number of aromatic nitrogens is 1. The molecule has 1 atom stereocenters. The Labute approximate surface area is 127 Å². The van der Waals surface area contributed by atoms with Gasteiger partial charge in [0.15, 0.2) is 0 Å². The molecule has 120 valence electrons. The average Bonchev–Trinajstić information content (AvgIpc) is 2.93. The highest BCUT2D eigenvalue weighted by Gasteiger charge is 2.29. The number of likely N-dealkylation sites (tertiary alicyclic amines) is 1. The molecule has 0 aromatic carbocycles. The van der Waals surface area contributed by atoms with Crippen LogP contribution in [-0.4, -0.2) is 64.5 Å². The Balaban J connectivity index is 1.93. The lowest BCUT2D eigenvalue weighted by Crippen LogP contribution is -2.46. The first-order valence-corrected chi connectivity index (χ1v) is 7.08. The van der Waals surface area contributed by atoms with E-state index >= 15 is 0 Å². The van der Waals surface area contributed by atoms with Crippen LogP contribution in [0.25, 0.3) is 0 Å². The number of rotatable bonds is 4. The van der Waals surface area contributed by atoms with Gasteiger partial charge >= 0.3 is 5.97 Å². The monoisotopic (exact) mass is 309 g/mol. The van der Waals surface area contributed by atoms with Gasteiger partial charge < -0.3 is 19.4 Å². The van der Waals surface area contributed by atoms with Crippen molar-refractivity contribution >= 4 is 17.8 Å². The summed E-state index contributed by atoms with van der Waals surface area (Å²) in [6.45, 7) is 2.29. The summed E-state index contributed by atoms with van der Waals surface area (Å²) in [5.74, 6) is -2.04. The molecule has 1 aliphatic heterocycles. The van der Waals surface area contributed by atoms with Crippen molar-refractivity contribution in [2.45, 2.75) is 19.8 Å². The van der Waals surface area contributed by atoms with E-state index in [0.717, 1.165) is 0 Å². The molecule has 1 aromatic heterocycles. The van der Waals surface area contributed by atoms with Crippen molar-refractivity contribution in [2.24, 2.45) is 5.92 Å². The smallest absolute Gasteiger partial charge is 0.308 e. The Morgan fingerprint density at radius 1 is 1.50 bits per heavy atom. The van der Waals surface area contributed by atoms with E-state index in [4.69, 9.17) is 9.63 Å². The predicted octanol–water partition coefficient (Wildman–Crippen LogP) is 0.378. The minimum Gasteiger partial charge on any atom is -0.481 e. The molecular formula is C14H19N3O5. The van der Waals surface area contributed by atoms with Gasteiger partial charge in [0, 0.05) is 26.2 Å². The summed E-state index contributed by atoms with van der Waals surface area (Å²) in [5, 5.41) is 12.7. The molecule has 0 aliphatic carbocycles. The van der Waals surface area contributed by atoms with Crippen molar-refractivity contribution in [3.63, 3.8) is 0 Å². The fourth-order valence-corrected chi connectivity index (χ4v) is 2.43. The maximum Gasteiger partial charge on any atom is 0.308 e. The lowest BCUT2D eigenvalue weighted by molar-refractivity contribution is -0.145. The minimum absolute atomic E-state index is 0.0786. The number of carbonyl (C=O) groups excluding carboxylic acids is 2. The van der Waals surface area contributed by atoms with Gasteiger partial charge in [-0.25, -0.2) is 0 Å². The van der Waals surface area contributed by atoms with Gasteiger partial charge in [0.2, 0.25) is 11.7 Å². The summed E-state index contributed by atoms with van der Waals surface area (Å²) >= 11 is 0. The van der Waals surface area contributed by atoms with Crippen molar-refractivity contribution in [3.8, 4) is 0 Å². The van der Waals surface area contributed by atoms with E-state index < -0.39 is 17.8 Å². The van der Waals surface area contributed by atoms with Gasteiger partial charge in [-0.05, 0) is 19.8 Å². The second kappa shape index (κ2) is 6.59. The number of piperidine rings is 1. The third kappa shape index (κ3) is 3.63. The zero-order chi connectivity index (χ0) is 16.3. The zero-order valence-electron chi connectivity index (χ0n) is 12.6. The highest BCUT2D eigenvalue weighted by Crippen LogP contribution is 2.17. The Hall–Kier alpha value is -2.38. The fraction of sp³-hybridized carbons (Fsp3) is 0.571. The molecule has 2 amide bonds. The van der Waals surface area contributed by atoms with Crippen LogP contribution < -0.4 is 0 Å². The molecule has 8 heteroatoms. The summed E-state index contributed by atoms with van der Waals surface area (Å²) in [7, 11) is 1.50. The molecule has 0 radical (unpaired) electrons. The molecule has 1 N–H and O–H groups in total. The van der Waals surface area contributed by atoms with Gasteiger partial charge in [0.05, 0.1) is 18.2 Å². The third-order valence-electron chi connectivity index (χ3n) is 3.68. The van der Waals surface area contributed by atoms with Crippen LogP contribution in [0.1, 0.15) is 29.1 Å². The van der Waals surface area contributed by atoms with E-state index in [-0.39, 0.29) is 24.8 Å². The number of carbonyl (C=O) groups is 3. The predicted molar refractivity (Wildman–Crippen MR) is 75.1 cm³/mol. The second-order valence-electron chi connectivity index (χ2n) is 5.51. The molecule has 22 heavy (non-hydrogen) atoms. The lowest BCUT2D eigenvalue weighted by Gasteiger charge is -2.31. The van der Waals surface area contributed by atoms with Gasteiger partial charge in [-0.1, -0.05) is 5.16 Å². The fourth-order valence-electron chi connectivity index (χ4n) is 2.43. The number of carboxylic acid groups (broad SMARTS) is 1. The molecule has 1 unspecified atom stereocenters. The number of aliphatic carboxylic acids is 1. The van der Waals surface area contributed by atoms with Crippen molar-refractivity contribution < 1.29 is 24.0 Å². The maximum absolute atomic E-state index is 12.2. The molecule has 1 aromatic rings. The van der Waals surface area contributed by atoms with Crippen LogP contribution >= 0.6 is 0 Å². The number of nitrogens with zero attached hydrogens (tertiary/aromatic N) is 3. The maximum atomic E-state index is 12.2. The van der Waals surface area contributed by atoms with E-state index in [1.54, 1.807) is 6.92 Å². The van der Waals surface area contributed by atoms with E-state index in [0.29, 0.717) is 25.1 Å². The molecule has 0 bridgehead atoms. The van der Waals surface area contributed by atoms with Crippen LogP contribution in [0.2, 0.25) is 0 Å². The summed E-state index contributed by atoms with van der Waals surface area (Å²) in [4.78, 5) is 38.0. The van der Waals surface area contributed by atoms with Gasteiger partial charge in [-0.15, -0.1) is 0 Å². The lowest BCUT2D eigenvalue weighted by atomic mass is 9.98. The van der Waals surface area contributed by atoms with Gasteiger partial charge in [0.25, 0.3) is 5.91 Å². The zero-order valence-corrected chi connectivity index (χ0v) is 12.6. The Kier molecular flexibility index (Phi) is 4.79. The van der Waals surface area contributed by atoms with E-state index in [2.05, 4.69) is 5.16 Å². The summed E-state index contributed by atoms with van der Waals surface area (Å²) in [6.07, 6.45) is 1.23. The molecule has 0 saturated carbocycles. The first-order chi connectivity index (χ1) is 10.4. The molecule has 1 aliphatic rings. The summed E-state index contributed by atoms with van der Waals surface area (Å²) in [5.41, 5.74) is 0.586. The van der Waals surface area contributed by atoms with E-state index in [1.165, 1.54) is 22.9 Å². The van der Waals surface area contributed by atoms with Crippen LogP contribution in [0.3, 0.4) is 0 Å². The number of hydrogen-bond acceptors (Lipinski definition) is 5. The van der Waals surface area contributed by atoms with Crippen LogP contribution in [0.5, 0.6) is 0 Å². The van der Waals surface area contributed by atoms with Crippen LogP contribution in [-0.2, 0) is 9.59 Å². The van der Waals surface area contributed by atoms with Crippen molar-refractivity contribution in [1.29, 1.82) is 0 Å². The second-order valence-corrected chi connectivity index (χ2v) is 5.51. The molecule has 0 spiro atoms. The highest BCUT2D eigenvalue weighted by molar-refractivity contribution is 5.94. The largest absolute Gasteiger partial charge is 0.481 e. The first-order valence-electron chi connectivity index (χ1n) is 7.08. The Bertz CT molecular complexity index is 583. The highest BCUT2D eigenvalue weighted by atomic mass is 16.5. The Morgan fingerprint density at radius 3 is 2.82 bits per heavy atom. The molecular weight excluding hydrogens is 290 g/mol. The molecule has 2 heterocycles. The van der Waals surface area contributed by atoms with Gasteiger partial charge in [0.1, 0.15) is 0 Å². The molecule has 8 nitrogen and oxygen atoms in total. The van der Waals surface area contributed by atoms with Crippen molar-refractivity contribution in [2.75, 3.05) is 26.7 Å². The summed E-state index contributed by atoms with van der Waals surface area (Å²) in [6, 6.07) is 1.50. The standard InChI is InChI=1S/C14H19N3O5/c1-9-6-11(22-15-9)13(19)16(2)8-12(18)17-5-3-4-10(7-17)14(20)21/h6,10H,3-5,7-8H2,1-2H3,(H,20,21). The van der Waals surface area contributed by atoms with Crippen LogP contribution in [0.4, 0.5) is 0 Å². The van der Waals surface area contributed by atoms with Gasteiger partial charge in [-0.3, -0.25) is 14.4 Å². The van der Waals surface area contributed by atoms with E-state index in [1.807, 2.05) is 0 Å². The number of likely N-dealkylation sites (N-methyl/N-ethyl adjacent to an activating group) is 1. The summed E-state index contributed by atoms with van der Waals surface area (Å²) < 4.78 is 4.88. The third-order valence-corrected chi connectivity index (χ3v) is 3.68. The average molecular weight is 309 g/mol. The van der Waals surface area contributed by atoms with Crippen LogP contribution in [0, 0.1) is 12.8 Å². The minimum atomic E-state index is -0.890.